The zero-order chi connectivity index (χ0) is 13.4. The molecule has 1 rings (SSSR count). The third kappa shape index (κ3) is 4.80. The number of hydrogen-bond acceptors (Lipinski definition) is 3. The van der Waals surface area contributed by atoms with Crippen molar-refractivity contribution in [3.63, 3.8) is 0 Å². The van der Waals surface area contributed by atoms with Gasteiger partial charge in [-0.15, -0.1) is 11.6 Å². The highest BCUT2D eigenvalue weighted by Crippen LogP contribution is 2.19. The van der Waals surface area contributed by atoms with Gasteiger partial charge in [-0.25, -0.2) is 4.39 Å². The summed E-state index contributed by atoms with van der Waals surface area (Å²) < 4.78 is 23.6. The second-order valence-corrected chi connectivity index (χ2v) is 4.57. The molecule has 0 aliphatic rings. The highest BCUT2D eigenvalue weighted by molar-refractivity contribution is 6.20. The summed E-state index contributed by atoms with van der Waals surface area (Å²) in [6, 6.07) is 5.11. The number of alkyl halides is 1. The number of halogens is 2. The maximum Gasteiger partial charge on any atom is 0.169 e. The molecular formula is C13H19ClFNO2. The van der Waals surface area contributed by atoms with Crippen molar-refractivity contribution >= 4 is 11.6 Å². The molecule has 5 heteroatoms. The summed E-state index contributed by atoms with van der Waals surface area (Å²) in [6.45, 7) is 1.70. The molecule has 1 aromatic rings. The molecule has 1 unspecified atom stereocenters. The van der Waals surface area contributed by atoms with Crippen LogP contribution in [0, 0.1) is 5.82 Å². The van der Waals surface area contributed by atoms with Gasteiger partial charge in [0.05, 0.1) is 19.1 Å². The van der Waals surface area contributed by atoms with Gasteiger partial charge >= 0.3 is 0 Å². The Balaban J connectivity index is 2.35. The van der Waals surface area contributed by atoms with Gasteiger partial charge in [0, 0.05) is 19.2 Å². The lowest BCUT2D eigenvalue weighted by Gasteiger charge is -2.10. The third-order valence-electron chi connectivity index (χ3n) is 2.56. The molecule has 0 saturated carbocycles. The second kappa shape index (κ2) is 8.29. The SMILES string of the molecule is COCC(Cl)CCNCc1cccc(OC)c1F. The smallest absolute Gasteiger partial charge is 0.169 e. The quantitative estimate of drug-likeness (QED) is 0.584. The van der Waals surface area contributed by atoms with Crippen LogP contribution in [0.5, 0.6) is 5.75 Å². The fourth-order valence-corrected chi connectivity index (χ4v) is 1.83. The monoisotopic (exact) mass is 275 g/mol. The van der Waals surface area contributed by atoms with Crippen molar-refractivity contribution in [1.82, 2.24) is 5.32 Å². The average Bonchev–Trinajstić information content (AvgIpc) is 2.36. The average molecular weight is 276 g/mol. The lowest BCUT2D eigenvalue weighted by Crippen LogP contribution is -2.20. The zero-order valence-electron chi connectivity index (χ0n) is 10.7. The highest BCUT2D eigenvalue weighted by Gasteiger charge is 2.08. The number of methoxy groups -OCH3 is 2. The first kappa shape index (κ1) is 15.2. The molecule has 18 heavy (non-hydrogen) atoms. The van der Waals surface area contributed by atoms with Crippen molar-refractivity contribution in [3.8, 4) is 5.75 Å². The van der Waals surface area contributed by atoms with Crippen molar-refractivity contribution in [2.45, 2.75) is 18.3 Å². The van der Waals surface area contributed by atoms with Crippen LogP contribution < -0.4 is 10.1 Å². The van der Waals surface area contributed by atoms with Crippen LogP contribution in [-0.4, -0.2) is 32.7 Å². The van der Waals surface area contributed by atoms with E-state index in [1.54, 1.807) is 25.3 Å². The zero-order valence-corrected chi connectivity index (χ0v) is 11.5. The summed E-state index contributed by atoms with van der Waals surface area (Å²) in [5.74, 6) is -0.0456. The predicted octanol–water partition coefficient (Wildman–Crippen LogP) is 2.57. The minimum atomic E-state index is -0.313. The molecule has 0 fully saturated rings. The van der Waals surface area contributed by atoms with Gasteiger partial charge in [0.1, 0.15) is 0 Å². The predicted molar refractivity (Wildman–Crippen MR) is 70.8 cm³/mol. The highest BCUT2D eigenvalue weighted by atomic mass is 35.5. The van der Waals surface area contributed by atoms with Crippen molar-refractivity contribution in [2.24, 2.45) is 0 Å². The van der Waals surface area contributed by atoms with Crippen LogP contribution in [0.15, 0.2) is 18.2 Å². The number of rotatable bonds is 8. The van der Waals surface area contributed by atoms with E-state index in [4.69, 9.17) is 21.1 Å². The molecule has 0 aliphatic heterocycles. The molecule has 0 radical (unpaired) electrons. The molecule has 0 saturated heterocycles. The summed E-state index contributed by atoms with van der Waals surface area (Å²) in [6.07, 6.45) is 0.779. The molecule has 102 valence electrons. The molecule has 0 heterocycles. The van der Waals surface area contributed by atoms with E-state index in [0.717, 1.165) is 6.42 Å². The summed E-state index contributed by atoms with van der Waals surface area (Å²) in [4.78, 5) is 0. The molecule has 0 spiro atoms. The molecule has 0 amide bonds. The fraction of sp³-hybridized carbons (Fsp3) is 0.538. The van der Waals surface area contributed by atoms with E-state index in [0.29, 0.717) is 25.3 Å². The summed E-state index contributed by atoms with van der Waals surface area (Å²) >= 11 is 5.98. The molecule has 1 N–H and O–H groups in total. The van der Waals surface area contributed by atoms with Crippen LogP contribution in [0.25, 0.3) is 0 Å². The normalized spacial score (nSPS) is 12.4. The molecular weight excluding hydrogens is 257 g/mol. The maximum atomic E-state index is 13.8. The minimum absolute atomic E-state index is 0.0161. The Labute approximate surface area is 112 Å². The Morgan fingerprint density at radius 3 is 2.83 bits per heavy atom. The first-order chi connectivity index (χ1) is 8.69. The van der Waals surface area contributed by atoms with Gasteiger partial charge in [-0.3, -0.25) is 0 Å². The van der Waals surface area contributed by atoms with Crippen LogP contribution >= 0.6 is 11.6 Å². The van der Waals surface area contributed by atoms with Gasteiger partial charge < -0.3 is 14.8 Å². The van der Waals surface area contributed by atoms with Gasteiger partial charge in [0.15, 0.2) is 11.6 Å². The van der Waals surface area contributed by atoms with Crippen molar-refractivity contribution in [2.75, 3.05) is 27.4 Å². The fourth-order valence-electron chi connectivity index (χ4n) is 1.60. The van der Waals surface area contributed by atoms with Crippen molar-refractivity contribution in [3.05, 3.63) is 29.6 Å². The minimum Gasteiger partial charge on any atom is -0.494 e. The Hall–Kier alpha value is -0.840. The van der Waals surface area contributed by atoms with Gasteiger partial charge in [-0.2, -0.15) is 0 Å². The van der Waals surface area contributed by atoms with Gasteiger partial charge in [-0.05, 0) is 19.0 Å². The summed E-state index contributed by atoms with van der Waals surface area (Å²) in [7, 11) is 3.08. The Morgan fingerprint density at radius 1 is 1.39 bits per heavy atom. The topological polar surface area (TPSA) is 30.5 Å². The first-order valence-electron chi connectivity index (χ1n) is 5.84. The van der Waals surface area contributed by atoms with E-state index in [-0.39, 0.29) is 16.9 Å². The summed E-state index contributed by atoms with van der Waals surface area (Å²) in [5.41, 5.74) is 0.590. The van der Waals surface area contributed by atoms with Crippen LogP contribution in [0.3, 0.4) is 0 Å². The number of benzene rings is 1. The van der Waals surface area contributed by atoms with E-state index in [1.807, 2.05) is 0 Å². The lowest BCUT2D eigenvalue weighted by atomic mass is 10.2. The molecule has 3 nitrogen and oxygen atoms in total. The van der Waals surface area contributed by atoms with Gasteiger partial charge in [0.25, 0.3) is 0 Å². The Bertz CT molecular complexity index is 363. The maximum absolute atomic E-state index is 13.8. The molecule has 0 aliphatic carbocycles. The largest absolute Gasteiger partial charge is 0.494 e. The van der Waals surface area contributed by atoms with Crippen LogP contribution in [0.2, 0.25) is 0 Å². The van der Waals surface area contributed by atoms with Crippen LogP contribution in [0.1, 0.15) is 12.0 Å². The van der Waals surface area contributed by atoms with Crippen molar-refractivity contribution < 1.29 is 13.9 Å². The van der Waals surface area contributed by atoms with E-state index in [1.165, 1.54) is 7.11 Å². The molecule has 0 aromatic heterocycles. The molecule has 0 bridgehead atoms. The number of nitrogens with one attached hydrogen (secondary N) is 1. The number of hydrogen-bond donors (Lipinski definition) is 1. The van der Waals surface area contributed by atoms with Gasteiger partial charge in [0.2, 0.25) is 0 Å². The van der Waals surface area contributed by atoms with E-state index >= 15 is 0 Å². The van der Waals surface area contributed by atoms with E-state index in [9.17, 15) is 4.39 Å². The summed E-state index contributed by atoms with van der Waals surface area (Å²) in [5, 5.41) is 3.13. The van der Waals surface area contributed by atoms with Crippen molar-refractivity contribution in [1.29, 1.82) is 0 Å². The number of ether oxygens (including phenoxy) is 2. The van der Waals surface area contributed by atoms with E-state index in [2.05, 4.69) is 5.32 Å². The van der Waals surface area contributed by atoms with Crippen LogP contribution in [0.4, 0.5) is 4.39 Å². The van der Waals surface area contributed by atoms with Crippen LogP contribution in [-0.2, 0) is 11.3 Å². The second-order valence-electron chi connectivity index (χ2n) is 3.95. The standard InChI is InChI=1S/C13H19ClFNO2/c1-17-9-11(14)6-7-16-8-10-4-3-5-12(18-2)13(10)15/h3-5,11,16H,6-9H2,1-2H3. The molecule has 1 atom stereocenters. The lowest BCUT2D eigenvalue weighted by molar-refractivity contribution is 0.195. The Kier molecular flexibility index (Phi) is 7.01. The third-order valence-corrected chi connectivity index (χ3v) is 2.90. The Morgan fingerprint density at radius 2 is 2.17 bits per heavy atom. The van der Waals surface area contributed by atoms with E-state index < -0.39 is 0 Å². The molecule has 1 aromatic carbocycles. The first-order valence-corrected chi connectivity index (χ1v) is 6.27. The van der Waals surface area contributed by atoms with Gasteiger partial charge in [-0.1, -0.05) is 12.1 Å².